The Morgan fingerprint density at radius 2 is 1.85 bits per heavy atom. The predicted molar refractivity (Wildman–Crippen MR) is 92.8 cm³/mol. The van der Waals surface area contributed by atoms with E-state index in [1.54, 1.807) is 11.6 Å². The number of likely N-dealkylation sites (N-methyl/N-ethyl adjacent to an activating group) is 1. The number of alkyl halides is 3. The Labute approximate surface area is 150 Å². The van der Waals surface area contributed by atoms with Gasteiger partial charge in [0.05, 0.1) is 29.7 Å². The molecule has 1 aromatic carbocycles. The summed E-state index contributed by atoms with van der Waals surface area (Å²) in [5, 5.41) is 7.17. The lowest BCUT2D eigenvalue weighted by Gasteiger charge is -2.21. The van der Waals surface area contributed by atoms with Crippen molar-refractivity contribution in [2.45, 2.75) is 39.5 Å². The van der Waals surface area contributed by atoms with Crippen LogP contribution in [0.5, 0.6) is 0 Å². The third-order valence-corrected chi connectivity index (χ3v) is 4.65. The van der Waals surface area contributed by atoms with E-state index < -0.39 is 11.7 Å². The second-order valence-electron chi connectivity index (χ2n) is 6.60. The first-order valence-corrected chi connectivity index (χ1v) is 8.30. The summed E-state index contributed by atoms with van der Waals surface area (Å²) in [5.74, 6) is -0.159. The standard InChI is InChI=1S/C18H23F3N4O/c1-11-16(12(2)25(5)23-11)22-17(26)13(3)24(4)10-14-6-8-15(9-7-14)18(19,20)21/h6-9,13H,10H2,1-5H3,(H,22,26)/p+1/t13-/m1/s1. The molecule has 1 heterocycles. The van der Waals surface area contributed by atoms with Crippen LogP contribution in [0.25, 0.3) is 0 Å². The van der Waals surface area contributed by atoms with Gasteiger partial charge in [0.25, 0.3) is 5.91 Å². The van der Waals surface area contributed by atoms with Gasteiger partial charge in [-0.3, -0.25) is 9.48 Å². The highest BCUT2D eigenvalue weighted by Gasteiger charge is 2.30. The van der Waals surface area contributed by atoms with Crippen LogP contribution in [0.2, 0.25) is 0 Å². The van der Waals surface area contributed by atoms with Crippen molar-refractivity contribution in [2.75, 3.05) is 12.4 Å². The molecule has 0 spiro atoms. The minimum absolute atomic E-state index is 0.159. The maximum Gasteiger partial charge on any atom is 0.416 e. The summed E-state index contributed by atoms with van der Waals surface area (Å²) in [7, 11) is 3.65. The number of halogens is 3. The molecule has 8 heteroatoms. The molecule has 0 saturated carbocycles. The van der Waals surface area contributed by atoms with Crippen LogP contribution < -0.4 is 10.2 Å². The first-order valence-electron chi connectivity index (χ1n) is 8.30. The van der Waals surface area contributed by atoms with E-state index in [-0.39, 0.29) is 11.9 Å². The molecule has 1 amide bonds. The van der Waals surface area contributed by atoms with Crippen molar-refractivity contribution >= 4 is 11.6 Å². The molecule has 0 radical (unpaired) electrons. The van der Waals surface area contributed by atoms with Gasteiger partial charge in [0, 0.05) is 12.6 Å². The number of aryl methyl sites for hydroxylation is 2. The van der Waals surface area contributed by atoms with Crippen LogP contribution in [-0.2, 0) is 24.6 Å². The fourth-order valence-electron chi connectivity index (χ4n) is 2.70. The fraction of sp³-hybridized carbons (Fsp3) is 0.444. The Bertz CT molecular complexity index is 781. The highest BCUT2D eigenvalue weighted by atomic mass is 19.4. The molecule has 2 rings (SSSR count). The third kappa shape index (κ3) is 4.43. The maximum absolute atomic E-state index is 12.6. The van der Waals surface area contributed by atoms with Gasteiger partial charge >= 0.3 is 6.18 Å². The largest absolute Gasteiger partial charge is 0.416 e. The van der Waals surface area contributed by atoms with E-state index in [1.807, 2.05) is 27.9 Å². The van der Waals surface area contributed by atoms with Gasteiger partial charge in [0.1, 0.15) is 6.54 Å². The van der Waals surface area contributed by atoms with Crippen molar-refractivity contribution in [3.05, 3.63) is 46.8 Å². The summed E-state index contributed by atoms with van der Waals surface area (Å²) in [6.07, 6.45) is -4.34. The summed E-state index contributed by atoms with van der Waals surface area (Å²) in [5.41, 5.74) is 2.37. The Kier molecular flexibility index (Phi) is 5.75. The molecule has 2 N–H and O–H groups in total. The summed E-state index contributed by atoms with van der Waals surface area (Å²) in [6.45, 7) is 5.93. The Balaban J connectivity index is 2.02. The Morgan fingerprint density at radius 3 is 2.31 bits per heavy atom. The molecule has 142 valence electrons. The molecule has 1 unspecified atom stereocenters. The van der Waals surface area contributed by atoms with E-state index in [0.717, 1.165) is 34.0 Å². The number of hydrogen-bond donors (Lipinski definition) is 2. The minimum Gasteiger partial charge on any atom is -0.324 e. The van der Waals surface area contributed by atoms with E-state index in [2.05, 4.69) is 10.4 Å². The lowest BCUT2D eigenvalue weighted by atomic mass is 10.1. The zero-order chi connectivity index (χ0) is 19.6. The number of benzene rings is 1. The highest BCUT2D eigenvalue weighted by Crippen LogP contribution is 2.29. The molecule has 26 heavy (non-hydrogen) atoms. The molecule has 0 aliphatic heterocycles. The number of carbonyl (C=O) groups is 1. The van der Waals surface area contributed by atoms with Gasteiger partial charge in [-0.05, 0) is 32.9 Å². The molecular weight excluding hydrogens is 345 g/mol. The minimum atomic E-state index is -4.34. The number of rotatable bonds is 5. The van der Waals surface area contributed by atoms with Crippen molar-refractivity contribution in [1.82, 2.24) is 9.78 Å². The number of aromatic nitrogens is 2. The van der Waals surface area contributed by atoms with Crippen LogP contribution in [0, 0.1) is 13.8 Å². The lowest BCUT2D eigenvalue weighted by Crippen LogP contribution is -3.12. The monoisotopic (exact) mass is 369 g/mol. The number of carbonyl (C=O) groups excluding carboxylic acids is 1. The molecule has 0 fully saturated rings. The quantitative estimate of drug-likeness (QED) is 0.848. The number of nitrogens with zero attached hydrogens (tertiary/aromatic N) is 2. The highest BCUT2D eigenvalue weighted by molar-refractivity contribution is 5.94. The smallest absolute Gasteiger partial charge is 0.324 e. The zero-order valence-corrected chi connectivity index (χ0v) is 15.5. The molecule has 5 nitrogen and oxygen atoms in total. The molecule has 0 aliphatic rings. The van der Waals surface area contributed by atoms with Gasteiger partial charge in [0.2, 0.25) is 0 Å². The van der Waals surface area contributed by atoms with Gasteiger partial charge in [-0.25, -0.2) is 0 Å². The molecule has 0 aliphatic carbocycles. The summed E-state index contributed by atoms with van der Waals surface area (Å²) < 4.78 is 39.6. The number of amides is 1. The van der Waals surface area contributed by atoms with Crippen LogP contribution in [0.1, 0.15) is 29.4 Å². The summed E-state index contributed by atoms with van der Waals surface area (Å²) in [4.78, 5) is 13.4. The number of quaternary nitrogens is 1. The number of nitrogens with one attached hydrogen (secondary N) is 2. The summed E-state index contributed by atoms with van der Waals surface area (Å²) >= 11 is 0. The van der Waals surface area contributed by atoms with Gasteiger partial charge < -0.3 is 10.2 Å². The molecular formula is C18H24F3N4O+. The molecule has 0 bridgehead atoms. The fourth-order valence-corrected chi connectivity index (χ4v) is 2.70. The first kappa shape index (κ1) is 20.0. The van der Waals surface area contributed by atoms with Gasteiger partial charge in [0.15, 0.2) is 6.04 Å². The van der Waals surface area contributed by atoms with E-state index in [4.69, 9.17) is 0 Å². The van der Waals surface area contributed by atoms with E-state index in [1.165, 1.54) is 12.1 Å². The normalized spacial score (nSPS) is 14.2. The number of hydrogen-bond acceptors (Lipinski definition) is 2. The topological polar surface area (TPSA) is 51.4 Å². The maximum atomic E-state index is 12.6. The van der Waals surface area contributed by atoms with Gasteiger partial charge in [-0.1, -0.05) is 12.1 Å². The molecule has 2 atom stereocenters. The first-order chi connectivity index (χ1) is 12.0. The van der Waals surface area contributed by atoms with Crippen LogP contribution in [0.4, 0.5) is 18.9 Å². The second-order valence-corrected chi connectivity index (χ2v) is 6.60. The SMILES string of the molecule is Cc1nn(C)c(C)c1NC(=O)[C@@H](C)[NH+](C)Cc1ccc(C(F)(F)F)cc1. The van der Waals surface area contributed by atoms with Crippen molar-refractivity contribution in [2.24, 2.45) is 7.05 Å². The van der Waals surface area contributed by atoms with Crippen molar-refractivity contribution in [3.63, 3.8) is 0 Å². The predicted octanol–water partition coefficient (Wildman–Crippen LogP) is 2.10. The molecule has 1 aromatic heterocycles. The zero-order valence-electron chi connectivity index (χ0n) is 15.5. The van der Waals surface area contributed by atoms with Crippen LogP contribution >= 0.6 is 0 Å². The molecule has 0 saturated heterocycles. The van der Waals surface area contributed by atoms with Gasteiger partial charge in [-0.15, -0.1) is 0 Å². The Morgan fingerprint density at radius 1 is 1.27 bits per heavy atom. The van der Waals surface area contributed by atoms with Gasteiger partial charge in [-0.2, -0.15) is 18.3 Å². The second kappa shape index (κ2) is 7.49. The average molecular weight is 369 g/mol. The van der Waals surface area contributed by atoms with E-state index in [0.29, 0.717) is 12.2 Å². The average Bonchev–Trinajstić information content (AvgIpc) is 2.80. The van der Waals surface area contributed by atoms with E-state index in [9.17, 15) is 18.0 Å². The summed E-state index contributed by atoms with van der Waals surface area (Å²) in [6, 6.07) is 4.65. The number of anilines is 1. The van der Waals surface area contributed by atoms with Crippen molar-refractivity contribution < 1.29 is 22.9 Å². The third-order valence-electron chi connectivity index (χ3n) is 4.65. The molecule has 2 aromatic rings. The van der Waals surface area contributed by atoms with Crippen LogP contribution in [-0.4, -0.2) is 28.8 Å². The van der Waals surface area contributed by atoms with Crippen LogP contribution in [0.15, 0.2) is 24.3 Å². The van der Waals surface area contributed by atoms with Crippen LogP contribution in [0.3, 0.4) is 0 Å². The van der Waals surface area contributed by atoms with Crippen molar-refractivity contribution in [1.29, 1.82) is 0 Å². The Hall–Kier alpha value is -2.35. The van der Waals surface area contributed by atoms with Crippen molar-refractivity contribution in [3.8, 4) is 0 Å². The lowest BCUT2D eigenvalue weighted by molar-refractivity contribution is -0.907. The van der Waals surface area contributed by atoms with E-state index >= 15 is 0 Å².